The van der Waals surface area contributed by atoms with Gasteiger partial charge in [-0.3, -0.25) is 0 Å². The topological polar surface area (TPSA) is 34.1 Å². The number of pyridine rings is 1. The van der Waals surface area contributed by atoms with Gasteiger partial charge < -0.3 is 10.1 Å². The molecule has 0 radical (unpaired) electrons. The summed E-state index contributed by atoms with van der Waals surface area (Å²) in [5, 5.41) is 4.06. The molecule has 1 aliphatic heterocycles. The lowest BCUT2D eigenvalue weighted by Crippen LogP contribution is -2.37. The molecule has 0 aliphatic carbocycles. The average molecular weight is 371 g/mol. The van der Waals surface area contributed by atoms with E-state index in [-0.39, 0.29) is 17.7 Å². The molecular weight excluding hydrogens is 353 g/mol. The van der Waals surface area contributed by atoms with Crippen LogP contribution >= 0.6 is 11.6 Å². The Labute approximate surface area is 149 Å². The largest absolute Gasteiger partial charge is 0.477 e. The van der Waals surface area contributed by atoms with Crippen molar-refractivity contribution in [1.82, 2.24) is 10.3 Å². The van der Waals surface area contributed by atoms with Gasteiger partial charge in [0.15, 0.2) is 0 Å². The van der Waals surface area contributed by atoms with Crippen molar-refractivity contribution in [3.05, 3.63) is 58.7 Å². The summed E-state index contributed by atoms with van der Waals surface area (Å²) in [6.07, 6.45) is -2.66. The third kappa shape index (κ3) is 4.64. The highest BCUT2D eigenvalue weighted by molar-refractivity contribution is 6.30. The molecule has 3 rings (SSSR count). The van der Waals surface area contributed by atoms with Crippen molar-refractivity contribution >= 4 is 11.6 Å². The zero-order valence-corrected chi connectivity index (χ0v) is 14.1. The van der Waals surface area contributed by atoms with E-state index in [0.717, 1.165) is 31.8 Å². The van der Waals surface area contributed by atoms with Crippen molar-refractivity contribution in [3.8, 4) is 5.88 Å². The number of aromatic nitrogens is 1. The smallest absolute Gasteiger partial charge is 0.417 e. The summed E-state index contributed by atoms with van der Waals surface area (Å²) in [5.41, 5.74) is 0.395. The van der Waals surface area contributed by atoms with Crippen LogP contribution in [0.15, 0.2) is 42.6 Å². The van der Waals surface area contributed by atoms with E-state index in [1.165, 1.54) is 11.6 Å². The second-order valence-corrected chi connectivity index (χ2v) is 6.54. The van der Waals surface area contributed by atoms with Crippen molar-refractivity contribution < 1.29 is 17.9 Å². The van der Waals surface area contributed by atoms with Gasteiger partial charge >= 0.3 is 6.18 Å². The molecule has 2 aromatic rings. The van der Waals surface area contributed by atoms with Gasteiger partial charge in [-0.2, -0.15) is 13.2 Å². The molecule has 1 aromatic carbocycles. The van der Waals surface area contributed by atoms with Crippen LogP contribution in [0.3, 0.4) is 0 Å². The van der Waals surface area contributed by atoms with Crippen LogP contribution < -0.4 is 10.1 Å². The fraction of sp³-hybridized carbons (Fsp3) is 0.389. The summed E-state index contributed by atoms with van der Waals surface area (Å²) in [5.74, 6) is 0.730. The van der Waals surface area contributed by atoms with Gasteiger partial charge in [-0.05, 0) is 36.7 Å². The molecule has 1 fully saturated rings. The van der Waals surface area contributed by atoms with Gasteiger partial charge in [0, 0.05) is 35.7 Å². The third-order valence-electron chi connectivity index (χ3n) is 4.43. The van der Waals surface area contributed by atoms with Crippen LogP contribution in [0.2, 0.25) is 5.02 Å². The summed E-state index contributed by atoms with van der Waals surface area (Å²) in [4.78, 5) is 3.76. The van der Waals surface area contributed by atoms with Crippen molar-refractivity contribution in [2.75, 3.05) is 19.7 Å². The van der Waals surface area contributed by atoms with E-state index in [9.17, 15) is 13.2 Å². The van der Waals surface area contributed by atoms with Crippen molar-refractivity contribution in [2.45, 2.75) is 18.5 Å². The van der Waals surface area contributed by atoms with E-state index in [4.69, 9.17) is 16.3 Å². The molecule has 1 saturated heterocycles. The summed E-state index contributed by atoms with van der Waals surface area (Å²) in [6.45, 7) is 2.13. The minimum absolute atomic E-state index is 0.210. The predicted molar refractivity (Wildman–Crippen MR) is 89.9 cm³/mol. The lowest BCUT2D eigenvalue weighted by Gasteiger charge is -2.32. The fourth-order valence-corrected chi connectivity index (χ4v) is 3.16. The molecule has 0 unspecified atom stereocenters. The van der Waals surface area contributed by atoms with E-state index in [0.29, 0.717) is 11.6 Å². The molecule has 2 atom stereocenters. The third-order valence-corrected chi connectivity index (χ3v) is 4.68. The number of hydrogen-bond acceptors (Lipinski definition) is 3. The fourth-order valence-electron chi connectivity index (χ4n) is 3.04. The minimum Gasteiger partial charge on any atom is -0.477 e. The summed E-state index contributed by atoms with van der Waals surface area (Å²) in [6, 6.07) is 9.98. The summed E-state index contributed by atoms with van der Waals surface area (Å²) >= 11 is 5.94. The van der Waals surface area contributed by atoms with Crippen LogP contribution in [0.25, 0.3) is 0 Å². The first-order valence-corrected chi connectivity index (χ1v) is 8.43. The molecule has 1 aromatic heterocycles. The van der Waals surface area contributed by atoms with E-state index in [2.05, 4.69) is 10.3 Å². The van der Waals surface area contributed by atoms with E-state index >= 15 is 0 Å². The molecular formula is C18H18ClF3N2O. The number of piperidine rings is 1. The van der Waals surface area contributed by atoms with Gasteiger partial charge in [0.1, 0.15) is 0 Å². The standard InChI is InChI=1S/C18H18ClF3N2O/c19-15-4-1-12(2-5-15)16-10-23-8-7-13(16)11-25-17-6-3-14(9-24-17)18(20,21)22/h1-6,9,13,16,23H,7-8,10-11H2/t13-,16-/m0/s1. The first-order chi connectivity index (χ1) is 11.9. The molecule has 2 heterocycles. The minimum atomic E-state index is -4.39. The lowest BCUT2D eigenvalue weighted by atomic mass is 9.82. The Morgan fingerprint density at radius 3 is 2.56 bits per heavy atom. The first kappa shape index (κ1) is 18.0. The van der Waals surface area contributed by atoms with Crippen LogP contribution in [0.4, 0.5) is 13.2 Å². The first-order valence-electron chi connectivity index (χ1n) is 8.06. The Hall–Kier alpha value is -1.79. The van der Waals surface area contributed by atoms with Gasteiger partial charge in [-0.15, -0.1) is 0 Å². The Morgan fingerprint density at radius 1 is 1.16 bits per heavy atom. The van der Waals surface area contributed by atoms with Gasteiger partial charge in [-0.25, -0.2) is 4.98 Å². The van der Waals surface area contributed by atoms with Crippen LogP contribution in [-0.2, 0) is 6.18 Å². The lowest BCUT2D eigenvalue weighted by molar-refractivity contribution is -0.137. The number of benzene rings is 1. The van der Waals surface area contributed by atoms with Gasteiger partial charge in [0.25, 0.3) is 0 Å². The SMILES string of the molecule is FC(F)(F)c1ccc(OC[C@@H]2CCNC[C@H]2c2ccc(Cl)cc2)nc1. The molecule has 0 amide bonds. The maximum absolute atomic E-state index is 12.6. The number of rotatable bonds is 4. The average Bonchev–Trinajstić information content (AvgIpc) is 2.61. The number of nitrogens with one attached hydrogen (secondary N) is 1. The molecule has 0 spiro atoms. The highest BCUT2D eigenvalue weighted by atomic mass is 35.5. The van der Waals surface area contributed by atoms with Gasteiger partial charge in [-0.1, -0.05) is 23.7 Å². The maximum atomic E-state index is 12.6. The molecule has 1 N–H and O–H groups in total. The van der Waals surface area contributed by atoms with Gasteiger partial charge in [0.05, 0.1) is 12.2 Å². The number of hydrogen-bond donors (Lipinski definition) is 1. The number of halogens is 4. The van der Waals surface area contributed by atoms with Gasteiger partial charge in [0.2, 0.25) is 5.88 Å². The quantitative estimate of drug-likeness (QED) is 0.858. The monoisotopic (exact) mass is 370 g/mol. The van der Waals surface area contributed by atoms with Crippen LogP contribution in [-0.4, -0.2) is 24.7 Å². The summed E-state index contributed by atoms with van der Waals surface area (Å²) < 4.78 is 43.4. The van der Waals surface area contributed by atoms with Crippen molar-refractivity contribution in [3.63, 3.8) is 0 Å². The van der Waals surface area contributed by atoms with Crippen LogP contribution in [0.5, 0.6) is 5.88 Å². The van der Waals surface area contributed by atoms with Crippen molar-refractivity contribution in [1.29, 1.82) is 0 Å². The highest BCUT2D eigenvalue weighted by Gasteiger charge is 2.31. The second-order valence-electron chi connectivity index (χ2n) is 6.10. The van der Waals surface area contributed by atoms with E-state index < -0.39 is 11.7 Å². The number of ether oxygens (including phenoxy) is 1. The Morgan fingerprint density at radius 2 is 1.92 bits per heavy atom. The number of nitrogens with zero attached hydrogens (tertiary/aromatic N) is 1. The molecule has 0 saturated carbocycles. The van der Waals surface area contributed by atoms with Crippen molar-refractivity contribution in [2.24, 2.45) is 5.92 Å². The highest BCUT2D eigenvalue weighted by Crippen LogP contribution is 2.32. The second kappa shape index (κ2) is 7.62. The Balaban J connectivity index is 1.65. The van der Waals surface area contributed by atoms with Crippen LogP contribution in [0.1, 0.15) is 23.5 Å². The molecule has 7 heteroatoms. The summed E-state index contributed by atoms with van der Waals surface area (Å²) in [7, 11) is 0. The molecule has 25 heavy (non-hydrogen) atoms. The number of alkyl halides is 3. The zero-order chi connectivity index (χ0) is 17.9. The van der Waals surface area contributed by atoms with E-state index in [1.54, 1.807) is 0 Å². The van der Waals surface area contributed by atoms with Crippen LogP contribution in [0, 0.1) is 5.92 Å². The maximum Gasteiger partial charge on any atom is 0.417 e. The normalized spacial score (nSPS) is 21.1. The Kier molecular flexibility index (Phi) is 5.49. The molecule has 0 bridgehead atoms. The van der Waals surface area contributed by atoms with E-state index in [1.807, 2.05) is 24.3 Å². The zero-order valence-electron chi connectivity index (χ0n) is 13.4. The molecule has 3 nitrogen and oxygen atoms in total. The predicted octanol–water partition coefficient (Wildman–Crippen LogP) is 4.53. The molecule has 134 valence electrons. The Bertz CT molecular complexity index is 689. The molecule has 1 aliphatic rings.